The van der Waals surface area contributed by atoms with Gasteiger partial charge in [0, 0.05) is 19.6 Å². The van der Waals surface area contributed by atoms with E-state index in [2.05, 4.69) is 38.3 Å². The Morgan fingerprint density at radius 1 is 0.889 bits per heavy atom. The molecule has 0 aromatic carbocycles. The van der Waals surface area contributed by atoms with Crippen LogP contribution in [0.15, 0.2) is 0 Å². The molecule has 18 heavy (non-hydrogen) atoms. The maximum Gasteiger partial charge on any atom is 0.121 e. The first-order valence-corrected chi connectivity index (χ1v) is 7.40. The molecule has 0 aromatic heterocycles. The van der Waals surface area contributed by atoms with Gasteiger partial charge in [0.2, 0.25) is 0 Å². The number of hydrogen-bond acceptors (Lipinski definition) is 3. The van der Waals surface area contributed by atoms with Crippen molar-refractivity contribution in [2.45, 2.75) is 64.7 Å². The summed E-state index contributed by atoms with van der Waals surface area (Å²) in [6.45, 7) is 12.7. The van der Waals surface area contributed by atoms with Crippen molar-refractivity contribution < 1.29 is 4.74 Å². The fraction of sp³-hybridized carbons (Fsp3) is 1.00. The molecule has 0 amide bonds. The van der Waals surface area contributed by atoms with Gasteiger partial charge in [0.15, 0.2) is 0 Å². The molecule has 2 saturated heterocycles. The lowest BCUT2D eigenvalue weighted by Crippen LogP contribution is -2.72. The van der Waals surface area contributed by atoms with Crippen LogP contribution >= 0.6 is 0 Å². The van der Waals surface area contributed by atoms with E-state index in [-0.39, 0.29) is 11.3 Å². The molecule has 3 rings (SSSR count). The van der Waals surface area contributed by atoms with Gasteiger partial charge in [-0.25, -0.2) is 0 Å². The molecule has 0 unspecified atom stereocenters. The van der Waals surface area contributed by atoms with Crippen molar-refractivity contribution in [3.05, 3.63) is 0 Å². The number of nitrogens with one attached hydrogen (secondary N) is 2. The molecule has 0 bridgehead atoms. The minimum absolute atomic E-state index is 0.0778. The second-order valence-corrected chi connectivity index (χ2v) is 8.42. The van der Waals surface area contributed by atoms with Crippen molar-refractivity contribution in [1.29, 1.82) is 0 Å². The van der Waals surface area contributed by atoms with E-state index in [1.54, 1.807) is 0 Å². The Labute approximate surface area is 111 Å². The van der Waals surface area contributed by atoms with Crippen LogP contribution in [0.2, 0.25) is 0 Å². The normalized spacial score (nSPS) is 35.3. The summed E-state index contributed by atoms with van der Waals surface area (Å²) in [7, 11) is 0. The first-order valence-electron chi connectivity index (χ1n) is 7.40. The fourth-order valence-corrected chi connectivity index (χ4v) is 4.90. The van der Waals surface area contributed by atoms with Gasteiger partial charge in [0.05, 0.1) is 5.60 Å². The van der Waals surface area contributed by atoms with Crippen LogP contribution in [0.4, 0.5) is 0 Å². The third kappa shape index (κ3) is 2.21. The fourth-order valence-electron chi connectivity index (χ4n) is 4.90. The van der Waals surface area contributed by atoms with Crippen molar-refractivity contribution in [2.24, 2.45) is 10.8 Å². The maximum absolute atomic E-state index is 6.64. The lowest BCUT2D eigenvalue weighted by Gasteiger charge is -2.59. The van der Waals surface area contributed by atoms with Gasteiger partial charge in [-0.1, -0.05) is 27.7 Å². The summed E-state index contributed by atoms with van der Waals surface area (Å²) >= 11 is 0. The highest BCUT2D eigenvalue weighted by Crippen LogP contribution is 2.52. The zero-order valence-corrected chi connectivity index (χ0v) is 12.4. The Morgan fingerprint density at radius 2 is 1.50 bits per heavy atom. The first-order chi connectivity index (χ1) is 8.24. The van der Waals surface area contributed by atoms with E-state index in [4.69, 9.17) is 4.74 Å². The zero-order valence-electron chi connectivity index (χ0n) is 12.4. The van der Waals surface area contributed by atoms with Gasteiger partial charge in [0.25, 0.3) is 0 Å². The van der Waals surface area contributed by atoms with Crippen LogP contribution < -0.4 is 10.6 Å². The summed E-state index contributed by atoms with van der Waals surface area (Å²) in [5, 5.41) is 7.10. The van der Waals surface area contributed by atoms with Crippen LogP contribution in [-0.4, -0.2) is 31.0 Å². The van der Waals surface area contributed by atoms with Crippen molar-refractivity contribution in [2.75, 3.05) is 19.6 Å². The molecule has 3 heteroatoms. The molecular formula is C15H28N2O. The van der Waals surface area contributed by atoms with Gasteiger partial charge in [-0.3, -0.25) is 5.32 Å². The Balaban J connectivity index is 1.84. The summed E-state index contributed by atoms with van der Waals surface area (Å²) in [6, 6.07) is 0. The quantitative estimate of drug-likeness (QED) is 0.694. The molecule has 1 saturated carbocycles. The second-order valence-electron chi connectivity index (χ2n) is 8.42. The van der Waals surface area contributed by atoms with Crippen LogP contribution in [0.25, 0.3) is 0 Å². The average Bonchev–Trinajstić information content (AvgIpc) is 2.09. The highest BCUT2D eigenvalue weighted by molar-refractivity contribution is 5.06. The predicted octanol–water partition coefficient (Wildman–Crippen LogP) is 2.27. The van der Waals surface area contributed by atoms with Crippen LogP contribution in [0, 0.1) is 10.8 Å². The molecule has 0 aromatic rings. The van der Waals surface area contributed by atoms with E-state index in [1.165, 1.54) is 6.42 Å². The largest absolute Gasteiger partial charge is 0.351 e. The molecule has 1 aliphatic carbocycles. The highest BCUT2D eigenvalue weighted by atomic mass is 16.5. The molecule has 3 nitrogen and oxygen atoms in total. The van der Waals surface area contributed by atoms with Crippen LogP contribution in [-0.2, 0) is 4.74 Å². The molecule has 3 aliphatic rings. The van der Waals surface area contributed by atoms with Crippen LogP contribution in [0.3, 0.4) is 0 Å². The van der Waals surface area contributed by atoms with E-state index in [9.17, 15) is 0 Å². The van der Waals surface area contributed by atoms with Gasteiger partial charge in [-0.15, -0.1) is 0 Å². The maximum atomic E-state index is 6.64. The van der Waals surface area contributed by atoms with Crippen LogP contribution in [0.5, 0.6) is 0 Å². The highest BCUT2D eigenvalue weighted by Gasteiger charge is 2.55. The lowest BCUT2D eigenvalue weighted by atomic mass is 9.61. The standard InChI is InChI=1S/C15H28N2O/c1-12(2)7-13(3,4)9-15(8-12)17-6-5-14(18-15)10-16-11-14/h16-17H,5-11H2,1-4H3. The SMILES string of the molecule is CC1(C)CC(C)(C)CC2(C1)NCCC1(CNC1)O2. The summed E-state index contributed by atoms with van der Waals surface area (Å²) < 4.78 is 6.64. The van der Waals surface area contributed by atoms with Gasteiger partial charge < -0.3 is 10.1 Å². The molecule has 2 spiro atoms. The molecule has 0 atom stereocenters. The summed E-state index contributed by atoms with van der Waals surface area (Å²) in [5.41, 5.74) is 0.787. The van der Waals surface area contributed by atoms with E-state index < -0.39 is 0 Å². The Bertz CT molecular complexity index is 328. The van der Waals surface area contributed by atoms with Crippen molar-refractivity contribution in [3.8, 4) is 0 Å². The molecule has 2 heterocycles. The zero-order chi connectivity index (χ0) is 13.1. The number of rotatable bonds is 0. The number of ether oxygens (including phenoxy) is 1. The Morgan fingerprint density at radius 3 is 2.00 bits per heavy atom. The van der Waals surface area contributed by atoms with Crippen molar-refractivity contribution in [3.63, 3.8) is 0 Å². The average molecular weight is 252 g/mol. The summed E-state index contributed by atoms with van der Waals surface area (Å²) in [5.74, 6) is 0. The smallest absolute Gasteiger partial charge is 0.121 e. The lowest BCUT2D eigenvalue weighted by molar-refractivity contribution is -0.254. The van der Waals surface area contributed by atoms with E-state index in [0.29, 0.717) is 10.8 Å². The summed E-state index contributed by atoms with van der Waals surface area (Å²) in [4.78, 5) is 0. The monoisotopic (exact) mass is 252 g/mol. The van der Waals surface area contributed by atoms with Crippen molar-refractivity contribution >= 4 is 0 Å². The molecule has 0 radical (unpaired) electrons. The molecule has 2 aliphatic heterocycles. The Kier molecular flexibility index (Phi) is 2.66. The topological polar surface area (TPSA) is 33.3 Å². The minimum Gasteiger partial charge on any atom is -0.351 e. The van der Waals surface area contributed by atoms with E-state index in [0.717, 1.165) is 38.9 Å². The van der Waals surface area contributed by atoms with Crippen molar-refractivity contribution in [1.82, 2.24) is 10.6 Å². The number of hydrogen-bond donors (Lipinski definition) is 2. The molecule has 2 N–H and O–H groups in total. The van der Waals surface area contributed by atoms with Crippen LogP contribution in [0.1, 0.15) is 53.4 Å². The van der Waals surface area contributed by atoms with Gasteiger partial charge in [-0.2, -0.15) is 0 Å². The molecular weight excluding hydrogens is 224 g/mol. The predicted molar refractivity (Wildman–Crippen MR) is 73.4 cm³/mol. The first kappa shape index (κ1) is 12.9. The Hall–Kier alpha value is -0.120. The second kappa shape index (κ2) is 3.71. The third-order valence-corrected chi connectivity index (χ3v) is 4.82. The molecule has 3 fully saturated rings. The van der Waals surface area contributed by atoms with Gasteiger partial charge >= 0.3 is 0 Å². The minimum atomic E-state index is -0.0778. The van der Waals surface area contributed by atoms with Gasteiger partial charge in [0.1, 0.15) is 5.72 Å². The third-order valence-electron chi connectivity index (χ3n) is 4.82. The molecule has 104 valence electrons. The van der Waals surface area contributed by atoms with E-state index >= 15 is 0 Å². The van der Waals surface area contributed by atoms with E-state index in [1.807, 2.05) is 0 Å². The summed E-state index contributed by atoms with van der Waals surface area (Å²) in [6.07, 6.45) is 4.73. The van der Waals surface area contributed by atoms with Gasteiger partial charge in [-0.05, 0) is 36.5 Å².